The van der Waals surface area contributed by atoms with Crippen molar-refractivity contribution in [2.45, 2.75) is 12.6 Å². The summed E-state index contributed by atoms with van der Waals surface area (Å²) in [6.07, 6.45) is 3.69. The third-order valence-electron chi connectivity index (χ3n) is 2.83. The number of rotatable bonds is 5. The standard InChI is InChI=1S/C13H16BrN3S/c1-17(9-10-3-2-6-16-8-10)11(7-15)12-4-5-13(14)18-12/h2-6,8,11H,7,9,15H2,1H3. The predicted molar refractivity (Wildman–Crippen MR) is 79.5 cm³/mol. The molecule has 18 heavy (non-hydrogen) atoms. The number of hydrogen-bond acceptors (Lipinski definition) is 4. The Morgan fingerprint density at radius 2 is 2.28 bits per heavy atom. The molecule has 0 aliphatic rings. The van der Waals surface area contributed by atoms with E-state index in [0.29, 0.717) is 6.54 Å². The lowest BCUT2D eigenvalue weighted by Crippen LogP contribution is -2.29. The van der Waals surface area contributed by atoms with E-state index in [1.165, 1.54) is 10.4 Å². The van der Waals surface area contributed by atoms with Gasteiger partial charge in [-0.1, -0.05) is 6.07 Å². The fourth-order valence-electron chi connectivity index (χ4n) is 1.91. The van der Waals surface area contributed by atoms with Crippen LogP contribution >= 0.6 is 27.3 Å². The van der Waals surface area contributed by atoms with Crippen LogP contribution in [0.5, 0.6) is 0 Å². The summed E-state index contributed by atoms with van der Waals surface area (Å²) in [5.74, 6) is 0. The topological polar surface area (TPSA) is 42.2 Å². The van der Waals surface area contributed by atoms with Gasteiger partial charge in [-0.2, -0.15) is 0 Å². The second kappa shape index (κ2) is 6.43. The predicted octanol–water partition coefficient (Wildman–Crippen LogP) is 3.04. The Morgan fingerprint density at radius 1 is 1.44 bits per heavy atom. The van der Waals surface area contributed by atoms with Crippen LogP contribution in [0.15, 0.2) is 40.4 Å². The largest absolute Gasteiger partial charge is 0.329 e. The van der Waals surface area contributed by atoms with Gasteiger partial charge in [0, 0.05) is 30.4 Å². The van der Waals surface area contributed by atoms with Crippen molar-refractivity contribution in [3.63, 3.8) is 0 Å². The van der Waals surface area contributed by atoms with Crippen molar-refractivity contribution in [3.05, 3.63) is 50.9 Å². The Balaban J connectivity index is 2.08. The molecule has 0 aliphatic carbocycles. The molecule has 1 atom stereocenters. The summed E-state index contributed by atoms with van der Waals surface area (Å²) in [5.41, 5.74) is 7.11. The second-order valence-corrected chi connectivity index (χ2v) is 6.66. The lowest BCUT2D eigenvalue weighted by Gasteiger charge is -2.26. The Labute approximate surface area is 120 Å². The number of aromatic nitrogens is 1. The van der Waals surface area contributed by atoms with Crippen LogP contribution in [-0.4, -0.2) is 23.5 Å². The molecule has 5 heteroatoms. The van der Waals surface area contributed by atoms with E-state index in [1.54, 1.807) is 17.5 Å². The van der Waals surface area contributed by atoms with Crippen molar-refractivity contribution in [2.75, 3.05) is 13.6 Å². The van der Waals surface area contributed by atoms with Gasteiger partial charge in [0.25, 0.3) is 0 Å². The molecule has 96 valence electrons. The SMILES string of the molecule is CN(Cc1cccnc1)C(CN)c1ccc(Br)s1. The molecule has 0 fully saturated rings. The van der Waals surface area contributed by atoms with Crippen molar-refractivity contribution >= 4 is 27.3 Å². The molecule has 0 saturated carbocycles. The van der Waals surface area contributed by atoms with Crippen molar-refractivity contribution in [3.8, 4) is 0 Å². The highest BCUT2D eigenvalue weighted by atomic mass is 79.9. The van der Waals surface area contributed by atoms with Crippen LogP contribution in [0, 0.1) is 0 Å². The zero-order valence-corrected chi connectivity index (χ0v) is 12.6. The molecule has 2 aromatic rings. The summed E-state index contributed by atoms with van der Waals surface area (Å²) in [4.78, 5) is 7.68. The minimum atomic E-state index is 0.251. The number of hydrogen-bond donors (Lipinski definition) is 1. The maximum Gasteiger partial charge on any atom is 0.0702 e. The van der Waals surface area contributed by atoms with Gasteiger partial charge in [0.1, 0.15) is 0 Å². The quantitative estimate of drug-likeness (QED) is 0.918. The Kier molecular flexibility index (Phi) is 4.88. The van der Waals surface area contributed by atoms with Gasteiger partial charge in [0.15, 0.2) is 0 Å². The highest BCUT2D eigenvalue weighted by Crippen LogP contribution is 2.30. The van der Waals surface area contributed by atoms with Gasteiger partial charge in [-0.05, 0) is 46.7 Å². The molecule has 0 bridgehead atoms. The normalized spacial score (nSPS) is 12.9. The highest BCUT2D eigenvalue weighted by Gasteiger charge is 2.17. The average molecular weight is 326 g/mol. The van der Waals surface area contributed by atoms with Crippen LogP contribution in [0.3, 0.4) is 0 Å². The molecular formula is C13H16BrN3S. The molecule has 0 aliphatic heterocycles. The van der Waals surface area contributed by atoms with E-state index in [0.717, 1.165) is 10.3 Å². The van der Waals surface area contributed by atoms with Crippen LogP contribution in [-0.2, 0) is 6.54 Å². The van der Waals surface area contributed by atoms with Crippen LogP contribution in [0.1, 0.15) is 16.5 Å². The van der Waals surface area contributed by atoms with E-state index >= 15 is 0 Å². The van der Waals surface area contributed by atoms with Crippen molar-refractivity contribution < 1.29 is 0 Å². The molecule has 0 amide bonds. The van der Waals surface area contributed by atoms with E-state index in [-0.39, 0.29) is 6.04 Å². The first-order valence-corrected chi connectivity index (χ1v) is 7.36. The summed E-state index contributed by atoms with van der Waals surface area (Å²) >= 11 is 5.23. The Bertz CT molecular complexity index is 486. The van der Waals surface area contributed by atoms with Crippen LogP contribution in [0.4, 0.5) is 0 Å². The van der Waals surface area contributed by atoms with Crippen molar-refractivity contribution in [1.82, 2.24) is 9.88 Å². The van der Waals surface area contributed by atoms with E-state index in [2.05, 4.69) is 51.1 Å². The molecule has 2 aromatic heterocycles. The van der Waals surface area contributed by atoms with E-state index < -0.39 is 0 Å². The van der Waals surface area contributed by atoms with E-state index in [9.17, 15) is 0 Å². The molecule has 0 spiro atoms. The summed E-state index contributed by atoms with van der Waals surface area (Å²) in [6.45, 7) is 1.47. The first-order chi connectivity index (χ1) is 8.70. The Hall–Kier alpha value is -0.750. The van der Waals surface area contributed by atoms with E-state index in [4.69, 9.17) is 5.73 Å². The smallest absolute Gasteiger partial charge is 0.0702 e. The van der Waals surface area contributed by atoms with Gasteiger partial charge in [0.05, 0.1) is 9.83 Å². The van der Waals surface area contributed by atoms with Crippen LogP contribution < -0.4 is 5.73 Å². The number of halogens is 1. The average Bonchev–Trinajstić information content (AvgIpc) is 2.78. The lowest BCUT2D eigenvalue weighted by molar-refractivity contribution is 0.245. The summed E-state index contributed by atoms with van der Waals surface area (Å²) in [5, 5.41) is 0. The fourth-order valence-corrected chi connectivity index (χ4v) is 3.51. The molecule has 2 N–H and O–H groups in total. The molecule has 1 unspecified atom stereocenters. The van der Waals surface area contributed by atoms with Gasteiger partial charge < -0.3 is 5.73 Å². The molecule has 0 radical (unpaired) electrons. The molecule has 0 saturated heterocycles. The zero-order valence-electron chi connectivity index (χ0n) is 10.2. The maximum absolute atomic E-state index is 5.90. The highest BCUT2D eigenvalue weighted by molar-refractivity contribution is 9.11. The fraction of sp³-hybridized carbons (Fsp3) is 0.308. The monoisotopic (exact) mass is 325 g/mol. The summed E-state index contributed by atoms with van der Waals surface area (Å²) in [7, 11) is 2.10. The minimum Gasteiger partial charge on any atom is -0.329 e. The molecule has 2 rings (SSSR count). The van der Waals surface area contributed by atoms with Gasteiger partial charge >= 0.3 is 0 Å². The molecule has 2 heterocycles. The second-order valence-electron chi connectivity index (χ2n) is 4.17. The van der Waals surface area contributed by atoms with Gasteiger partial charge in [-0.25, -0.2) is 0 Å². The minimum absolute atomic E-state index is 0.251. The van der Waals surface area contributed by atoms with Gasteiger partial charge in [-0.3, -0.25) is 9.88 Å². The summed E-state index contributed by atoms with van der Waals surface area (Å²) < 4.78 is 1.14. The van der Waals surface area contributed by atoms with Crippen LogP contribution in [0.25, 0.3) is 0 Å². The summed E-state index contributed by atoms with van der Waals surface area (Å²) in [6, 6.07) is 8.50. The van der Waals surface area contributed by atoms with Gasteiger partial charge in [-0.15, -0.1) is 11.3 Å². The molecular weight excluding hydrogens is 310 g/mol. The van der Waals surface area contributed by atoms with E-state index in [1.807, 2.05) is 12.3 Å². The number of pyridine rings is 1. The van der Waals surface area contributed by atoms with Crippen LogP contribution in [0.2, 0.25) is 0 Å². The van der Waals surface area contributed by atoms with Crippen molar-refractivity contribution in [2.24, 2.45) is 5.73 Å². The molecule has 0 aromatic carbocycles. The Morgan fingerprint density at radius 3 is 2.83 bits per heavy atom. The third-order valence-corrected chi connectivity index (χ3v) is 4.56. The first-order valence-electron chi connectivity index (χ1n) is 5.75. The van der Waals surface area contributed by atoms with Crippen molar-refractivity contribution in [1.29, 1.82) is 0 Å². The third kappa shape index (κ3) is 3.38. The lowest BCUT2D eigenvalue weighted by atomic mass is 10.2. The first kappa shape index (κ1) is 13.7. The number of thiophene rings is 1. The number of nitrogens with two attached hydrogens (primary N) is 1. The number of nitrogens with zero attached hydrogens (tertiary/aromatic N) is 2. The van der Waals surface area contributed by atoms with Gasteiger partial charge in [0.2, 0.25) is 0 Å². The number of likely N-dealkylation sites (N-methyl/N-ethyl adjacent to an activating group) is 1. The molecule has 3 nitrogen and oxygen atoms in total. The zero-order chi connectivity index (χ0) is 13.0. The maximum atomic E-state index is 5.90.